The Morgan fingerprint density at radius 1 is 0.944 bits per heavy atom. The fourth-order valence-electron chi connectivity index (χ4n) is 1.70. The molecule has 3 aromatic rings. The molecular weight excluding hydrogens is 264 g/mol. The summed E-state index contributed by atoms with van der Waals surface area (Å²) in [6.45, 7) is 0. The summed E-state index contributed by atoms with van der Waals surface area (Å²) in [6.07, 6.45) is 1.59. The van der Waals surface area contributed by atoms with Crippen LogP contribution in [0.4, 0.5) is 0 Å². The number of hydrogen-bond donors (Lipinski definition) is 0. The second kappa shape index (κ2) is 4.96. The zero-order chi connectivity index (χ0) is 12.4. The van der Waals surface area contributed by atoms with Gasteiger partial charge < -0.3 is 0 Å². The van der Waals surface area contributed by atoms with Gasteiger partial charge in [0.2, 0.25) is 0 Å². The minimum Gasteiger partial charge on any atom is -0.236 e. The van der Waals surface area contributed by atoms with Crippen LogP contribution in [0.1, 0.15) is 0 Å². The molecule has 0 aliphatic heterocycles. The largest absolute Gasteiger partial charge is 0.236 e. The zero-order valence-corrected chi connectivity index (χ0v) is 10.9. The quantitative estimate of drug-likeness (QED) is 0.645. The van der Waals surface area contributed by atoms with Crippen molar-refractivity contribution in [3.8, 4) is 0 Å². The van der Waals surface area contributed by atoms with Crippen molar-refractivity contribution in [1.29, 1.82) is 0 Å². The molecule has 0 aliphatic carbocycles. The molecule has 1 heterocycles. The lowest BCUT2D eigenvalue weighted by atomic mass is 10.2. The van der Waals surface area contributed by atoms with Gasteiger partial charge in [-0.2, -0.15) is 0 Å². The van der Waals surface area contributed by atoms with E-state index in [0.29, 0.717) is 0 Å². The van der Waals surface area contributed by atoms with Gasteiger partial charge in [-0.3, -0.25) is 0 Å². The van der Waals surface area contributed by atoms with Crippen molar-refractivity contribution >= 4 is 34.3 Å². The van der Waals surface area contributed by atoms with Crippen LogP contribution in [-0.4, -0.2) is 9.97 Å². The average molecular weight is 273 g/mol. The summed E-state index contributed by atoms with van der Waals surface area (Å²) in [5.41, 5.74) is 0.956. The summed E-state index contributed by atoms with van der Waals surface area (Å²) >= 11 is 7.58. The molecule has 0 N–H and O–H groups in total. The molecule has 0 spiro atoms. The second-order valence-electron chi connectivity index (χ2n) is 3.76. The highest BCUT2D eigenvalue weighted by Crippen LogP contribution is 2.31. The first-order valence-electron chi connectivity index (χ1n) is 5.46. The van der Waals surface area contributed by atoms with Crippen LogP contribution in [0, 0.1) is 0 Å². The highest BCUT2D eigenvalue weighted by molar-refractivity contribution is 7.99. The van der Waals surface area contributed by atoms with Gasteiger partial charge in [-0.15, -0.1) is 0 Å². The maximum atomic E-state index is 5.98. The molecule has 0 bridgehead atoms. The fraction of sp³-hybridized carbons (Fsp3) is 0. The van der Waals surface area contributed by atoms with Gasteiger partial charge in [-0.1, -0.05) is 47.6 Å². The number of halogens is 1. The minimum absolute atomic E-state index is 0.735. The lowest BCUT2D eigenvalue weighted by molar-refractivity contribution is 1.10. The van der Waals surface area contributed by atoms with Crippen LogP contribution >= 0.6 is 23.4 Å². The number of fused-ring (bicyclic) bond motifs is 1. The normalized spacial score (nSPS) is 10.7. The van der Waals surface area contributed by atoms with E-state index in [0.717, 1.165) is 25.8 Å². The fourth-order valence-corrected chi connectivity index (χ4v) is 2.90. The van der Waals surface area contributed by atoms with Crippen molar-refractivity contribution in [1.82, 2.24) is 9.97 Å². The zero-order valence-electron chi connectivity index (χ0n) is 9.38. The van der Waals surface area contributed by atoms with E-state index in [9.17, 15) is 0 Å². The van der Waals surface area contributed by atoms with Gasteiger partial charge >= 0.3 is 0 Å². The predicted octanol–water partition coefficient (Wildman–Crippen LogP) is 4.43. The van der Waals surface area contributed by atoms with Gasteiger partial charge in [0.25, 0.3) is 0 Å². The molecule has 0 aliphatic rings. The van der Waals surface area contributed by atoms with E-state index in [1.165, 1.54) is 0 Å². The van der Waals surface area contributed by atoms with Crippen LogP contribution in [0.3, 0.4) is 0 Å². The summed E-state index contributed by atoms with van der Waals surface area (Å²) in [5, 5.41) is 2.74. The molecule has 0 atom stereocenters. The van der Waals surface area contributed by atoms with Crippen molar-refractivity contribution in [2.75, 3.05) is 0 Å². The van der Waals surface area contributed by atoms with Crippen molar-refractivity contribution < 1.29 is 0 Å². The molecule has 0 saturated carbocycles. The van der Waals surface area contributed by atoms with E-state index >= 15 is 0 Å². The Labute approximate surface area is 114 Å². The van der Waals surface area contributed by atoms with E-state index in [-0.39, 0.29) is 0 Å². The van der Waals surface area contributed by atoms with E-state index in [1.807, 2.05) is 48.5 Å². The maximum absolute atomic E-state index is 5.98. The summed E-state index contributed by atoms with van der Waals surface area (Å²) < 4.78 is 0. The van der Waals surface area contributed by atoms with Gasteiger partial charge in [-0.05, 0) is 24.3 Å². The smallest absolute Gasteiger partial charge is 0.117 e. The highest BCUT2D eigenvalue weighted by Gasteiger charge is 2.05. The predicted molar refractivity (Wildman–Crippen MR) is 75.1 cm³/mol. The van der Waals surface area contributed by atoms with Crippen molar-refractivity contribution in [3.63, 3.8) is 0 Å². The first-order valence-corrected chi connectivity index (χ1v) is 6.65. The molecule has 2 aromatic carbocycles. The summed E-state index contributed by atoms with van der Waals surface area (Å²) in [4.78, 5) is 9.67. The van der Waals surface area contributed by atoms with Crippen LogP contribution < -0.4 is 0 Å². The molecule has 0 fully saturated rings. The number of para-hydroxylation sites is 1. The molecule has 4 heteroatoms. The molecule has 0 radical (unpaired) electrons. The van der Waals surface area contributed by atoms with Crippen LogP contribution in [0.15, 0.2) is 64.8 Å². The Kier molecular flexibility index (Phi) is 3.17. The van der Waals surface area contributed by atoms with Gasteiger partial charge in [0, 0.05) is 15.3 Å². The number of nitrogens with zero attached hydrogens (tertiary/aromatic N) is 2. The Bertz CT molecular complexity index is 695. The molecule has 1 aromatic heterocycles. The number of aromatic nitrogens is 2. The molecule has 88 valence electrons. The summed E-state index contributed by atoms with van der Waals surface area (Å²) in [6, 6.07) is 15.7. The number of benzene rings is 2. The Morgan fingerprint density at radius 3 is 2.72 bits per heavy atom. The van der Waals surface area contributed by atoms with E-state index in [2.05, 4.69) is 9.97 Å². The molecule has 18 heavy (non-hydrogen) atoms. The SMILES string of the molecule is Clc1cccc(Sc2ncnc3ccccc23)c1. The standard InChI is InChI=1S/C14H9ClN2S/c15-10-4-3-5-11(8-10)18-14-12-6-1-2-7-13(12)16-9-17-14/h1-9H. The third-order valence-corrected chi connectivity index (χ3v) is 3.76. The molecule has 2 nitrogen and oxygen atoms in total. The Hall–Kier alpha value is -1.58. The minimum atomic E-state index is 0.735. The molecular formula is C14H9ClN2S. The molecule has 0 unspecified atom stereocenters. The monoisotopic (exact) mass is 272 g/mol. The van der Waals surface area contributed by atoms with Crippen LogP contribution in [0.5, 0.6) is 0 Å². The van der Waals surface area contributed by atoms with E-state index in [1.54, 1.807) is 18.1 Å². The summed E-state index contributed by atoms with van der Waals surface area (Å²) in [7, 11) is 0. The lowest BCUT2D eigenvalue weighted by Gasteiger charge is -2.04. The van der Waals surface area contributed by atoms with Gasteiger partial charge in [0.15, 0.2) is 0 Å². The third kappa shape index (κ3) is 2.33. The maximum Gasteiger partial charge on any atom is 0.117 e. The van der Waals surface area contributed by atoms with Gasteiger partial charge in [0.1, 0.15) is 11.4 Å². The topological polar surface area (TPSA) is 25.8 Å². The highest BCUT2D eigenvalue weighted by atomic mass is 35.5. The van der Waals surface area contributed by atoms with Crippen molar-refractivity contribution in [2.45, 2.75) is 9.92 Å². The van der Waals surface area contributed by atoms with Crippen LogP contribution in [-0.2, 0) is 0 Å². The molecule has 3 rings (SSSR count). The molecule has 0 saturated heterocycles. The van der Waals surface area contributed by atoms with Gasteiger partial charge in [0.05, 0.1) is 5.52 Å². The van der Waals surface area contributed by atoms with Crippen molar-refractivity contribution in [3.05, 3.63) is 59.9 Å². The lowest BCUT2D eigenvalue weighted by Crippen LogP contribution is -1.86. The first-order chi connectivity index (χ1) is 8.83. The Balaban J connectivity index is 2.05. The third-order valence-electron chi connectivity index (χ3n) is 2.52. The van der Waals surface area contributed by atoms with Crippen molar-refractivity contribution in [2.24, 2.45) is 0 Å². The summed E-state index contributed by atoms with van der Waals surface area (Å²) in [5.74, 6) is 0. The average Bonchev–Trinajstić information content (AvgIpc) is 2.39. The van der Waals surface area contributed by atoms with Gasteiger partial charge in [-0.25, -0.2) is 9.97 Å². The van der Waals surface area contributed by atoms with Crippen LogP contribution in [0.2, 0.25) is 5.02 Å². The first kappa shape index (κ1) is 11.5. The van der Waals surface area contributed by atoms with Crippen LogP contribution in [0.25, 0.3) is 10.9 Å². The Morgan fingerprint density at radius 2 is 1.83 bits per heavy atom. The van der Waals surface area contributed by atoms with E-state index < -0.39 is 0 Å². The number of hydrogen-bond acceptors (Lipinski definition) is 3. The molecule has 0 amide bonds. The second-order valence-corrected chi connectivity index (χ2v) is 5.25. The van der Waals surface area contributed by atoms with E-state index in [4.69, 9.17) is 11.6 Å². The number of rotatable bonds is 2.